The summed E-state index contributed by atoms with van der Waals surface area (Å²) < 4.78 is 0. The van der Waals surface area contributed by atoms with Crippen LogP contribution in [0.3, 0.4) is 0 Å². The maximum atomic E-state index is 3.95. The van der Waals surface area contributed by atoms with Gasteiger partial charge in [0.05, 0.1) is 5.69 Å². The first-order valence-corrected chi connectivity index (χ1v) is 3.54. The molecule has 0 spiro atoms. The number of rotatable bonds is 1. The van der Waals surface area contributed by atoms with Crippen molar-refractivity contribution in [2.45, 2.75) is 12.3 Å². The molecule has 1 fully saturated rings. The van der Waals surface area contributed by atoms with Gasteiger partial charge in [-0.25, -0.2) is 0 Å². The minimum absolute atomic E-state index is 0. The average molecular weight is 175 g/mol. The molecule has 0 bridgehead atoms. The van der Waals surface area contributed by atoms with Gasteiger partial charge in [-0.05, 0) is 13.0 Å². The van der Waals surface area contributed by atoms with Crippen LogP contribution in [0.4, 0.5) is 0 Å². The molecule has 0 saturated carbocycles. The van der Waals surface area contributed by atoms with E-state index in [1.165, 1.54) is 6.42 Å². The third kappa shape index (κ3) is 1.70. The zero-order valence-electron chi connectivity index (χ0n) is 6.08. The average Bonchev–Trinajstić information content (AvgIpc) is 2.59. The fourth-order valence-electron chi connectivity index (χ4n) is 1.32. The van der Waals surface area contributed by atoms with Crippen molar-refractivity contribution < 1.29 is 0 Å². The van der Waals surface area contributed by atoms with E-state index in [1.54, 1.807) is 0 Å². The van der Waals surface area contributed by atoms with Crippen LogP contribution in [0.2, 0.25) is 0 Å². The second kappa shape index (κ2) is 3.69. The normalized spacial score (nSPS) is 23.1. The third-order valence-corrected chi connectivity index (χ3v) is 1.91. The van der Waals surface area contributed by atoms with Gasteiger partial charge < -0.3 is 5.32 Å². The summed E-state index contributed by atoms with van der Waals surface area (Å²) in [6.45, 7) is 2.16. The number of nitrogens with zero attached hydrogens (tertiary/aromatic N) is 2. The van der Waals surface area contributed by atoms with Crippen molar-refractivity contribution in [1.82, 2.24) is 20.7 Å². The molecule has 2 N–H and O–H groups in total. The zero-order valence-corrected chi connectivity index (χ0v) is 6.90. The monoisotopic (exact) mass is 174 g/mol. The summed E-state index contributed by atoms with van der Waals surface area (Å²) in [6.07, 6.45) is 3.06. The lowest BCUT2D eigenvalue weighted by atomic mass is 10.1. The van der Waals surface area contributed by atoms with Crippen LogP contribution in [0.25, 0.3) is 0 Å². The summed E-state index contributed by atoms with van der Waals surface area (Å²) in [4.78, 5) is 0. The molecule has 1 aromatic heterocycles. The van der Waals surface area contributed by atoms with Crippen molar-refractivity contribution in [1.29, 1.82) is 0 Å². The predicted molar refractivity (Wildman–Crippen MR) is 43.9 cm³/mol. The van der Waals surface area contributed by atoms with Crippen molar-refractivity contribution in [3.63, 3.8) is 0 Å². The highest BCUT2D eigenvalue weighted by atomic mass is 35.5. The summed E-state index contributed by atoms with van der Waals surface area (Å²) in [5.74, 6) is 0.582. The third-order valence-electron chi connectivity index (χ3n) is 1.91. The number of hydrogen-bond donors (Lipinski definition) is 2. The summed E-state index contributed by atoms with van der Waals surface area (Å²) in [6, 6.07) is 0. The molecule has 1 aromatic rings. The fraction of sp³-hybridized carbons (Fsp3) is 0.667. The van der Waals surface area contributed by atoms with E-state index >= 15 is 0 Å². The molecule has 0 radical (unpaired) electrons. The van der Waals surface area contributed by atoms with Gasteiger partial charge in [0, 0.05) is 18.7 Å². The lowest BCUT2D eigenvalue weighted by Gasteiger charge is -1.99. The highest BCUT2D eigenvalue weighted by Gasteiger charge is 2.18. The molecular formula is C6H11ClN4. The van der Waals surface area contributed by atoms with Gasteiger partial charge >= 0.3 is 0 Å². The minimum atomic E-state index is 0. The van der Waals surface area contributed by atoms with Gasteiger partial charge in [-0.3, -0.25) is 5.10 Å². The Bertz CT molecular complexity index is 192. The number of aromatic nitrogens is 3. The molecule has 0 aromatic carbocycles. The number of H-pyrrole nitrogens is 1. The van der Waals surface area contributed by atoms with E-state index in [0.29, 0.717) is 5.92 Å². The van der Waals surface area contributed by atoms with Gasteiger partial charge in [0.2, 0.25) is 0 Å². The Kier molecular flexibility index (Phi) is 2.84. The smallest absolute Gasteiger partial charge is 0.0868 e. The molecule has 1 saturated heterocycles. The highest BCUT2D eigenvalue weighted by Crippen LogP contribution is 2.18. The van der Waals surface area contributed by atoms with Crippen molar-refractivity contribution in [2.75, 3.05) is 13.1 Å². The van der Waals surface area contributed by atoms with Crippen molar-refractivity contribution >= 4 is 12.4 Å². The Labute approximate surface area is 71.2 Å². The molecule has 1 aliphatic heterocycles. The topological polar surface area (TPSA) is 53.6 Å². The van der Waals surface area contributed by atoms with Gasteiger partial charge in [-0.1, -0.05) is 5.21 Å². The number of nitrogens with one attached hydrogen (secondary N) is 2. The van der Waals surface area contributed by atoms with Crippen LogP contribution in [-0.2, 0) is 0 Å². The van der Waals surface area contributed by atoms with Crippen molar-refractivity contribution in [3.8, 4) is 0 Å². The molecule has 1 atom stereocenters. The Hall–Kier alpha value is -0.610. The largest absolute Gasteiger partial charge is 0.316 e. The van der Waals surface area contributed by atoms with Gasteiger partial charge in [0.25, 0.3) is 0 Å². The first kappa shape index (κ1) is 8.49. The van der Waals surface area contributed by atoms with E-state index in [4.69, 9.17) is 0 Å². The SMILES string of the molecule is Cl.c1[nH]nnc1C1CCNC1. The second-order valence-corrected chi connectivity index (χ2v) is 2.59. The zero-order chi connectivity index (χ0) is 6.81. The summed E-state index contributed by atoms with van der Waals surface area (Å²) >= 11 is 0. The van der Waals surface area contributed by atoms with E-state index in [-0.39, 0.29) is 12.4 Å². The Morgan fingerprint density at radius 3 is 3.00 bits per heavy atom. The van der Waals surface area contributed by atoms with Crippen LogP contribution < -0.4 is 5.32 Å². The molecule has 4 nitrogen and oxygen atoms in total. The molecule has 0 aliphatic carbocycles. The van der Waals surface area contributed by atoms with Crippen LogP contribution in [0.15, 0.2) is 6.20 Å². The van der Waals surface area contributed by atoms with E-state index in [0.717, 1.165) is 18.8 Å². The number of hydrogen-bond acceptors (Lipinski definition) is 3. The van der Waals surface area contributed by atoms with Crippen molar-refractivity contribution in [3.05, 3.63) is 11.9 Å². The molecule has 1 aliphatic rings. The van der Waals surface area contributed by atoms with Gasteiger partial charge in [-0.15, -0.1) is 17.5 Å². The van der Waals surface area contributed by atoms with Gasteiger partial charge in [0.15, 0.2) is 0 Å². The maximum absolute atomic E-state index is 3.95. The van der Waals surface area contributed by atoms with E-state index in [2.05, 4.69) is 20.7 Å². The van der Waals surface area contributed by atoms with E-state index in [9.17, 15) is 0 Å². The van der Waals surface area contributed by atoms with E-state index in [1.807, 2.05) is 6.20 Å². The molecule has 0 amide bonds. The molecule has 11 heavy (non-hydrogen) atoms. The van der Waals surface area contributed by atoms with Gasteiger partial charge in [-0.2, -0.15) is 0 Å². The lowest BCUT2D eigenvalue weighted by molar-refractivity contribution is 0.728. The van der Waals surface area contributed by atoms with Crippen molar-refractivity contribution in [2.24, 2.45) is 0 Å². The molecule has 62 valence electrons. The Morgan fingerprint density at radius 2 is 2.45 bits per heavy atom. The quantitative estimate of drug-likeness (QED) is 0.644. The number of aromatic amines is 1. The highest BCUT2D eigenvalue weighted by molar-refractivity contribution is 5.85. The molecular weight excluding hydrogens is 164 g/mol. The fourth-order valence-corrected chi connectivity index (χ4v) is 1.32. The number of halogens is 1. The molecule has 2 heterocycles. The Balaban J connectivity index is 0.000000605. The lowest BCUT2D eigenvalue weighted by Crippen LogP contribution is -2.08. The van der Waals surface area contributed by atoms with Gasteiger partial charge in [0.1, 0.15) is 0 Å². The molecule has 2 rings (SSSR count). The van der Waals surface area contributed by atoms with E-state index < -0.39 is 0 Å². The van der Waals surface area contributed by atoms with Crippen LogP contribution in [-0.4, -0.2) is 28.5 Å². The minimum Gasteiger partial charge on any atom is -0.316 e. The first-order valence-electron chi connectivity index (χ1n) is 3.54. The molecule has 5 heteroatoms. The standard InChI is InChI=1S/C6H10N4.ClH/c1-2-7-3-5(1)6-4-8-10-9-6;/h4-5,7H,1-3H2,(H,8,9,10);1H. The van der Waals surface area contributed by atoms with Crippen LogP contribution in [0, 0.1) is 0 Å². The second-order valence-electron chi connectivity index (χ2n) is 2.59. The first-order chi connectivity index (χ1) is 4.97. The molecule has 1 unspecified atom stereocenters. The maximum Gasteiger partial charge on any atom is 0.0868 e. The Morgan fingerprint density at radius 1 is 1.55 bits per heavy atom. The summed E-state index contributed by atoms with van der Waals surface area (Å²) in [5.41, 5.74) is 1.09. The van der Waals surface area contributed by atoms with Crippen LogP contribution >= 0.6 is 12.4 Å². The summed E-state index contributed by atoms with van der Waals surface area (Å²) in [5, 5.41) is 13.6. The van der Waals surface area contributed by atoms with Crippen LogP contribution in [0.5, 0.6) is 0 Å². The van der Waals surface area contributed by atoms with Crippen LogP contribution in [0.1, 0.15) is 18.0 Å². The predicted octanol–water partition coefficient (Wildman–Crippen LogP) is 0.303. The summed E-state index contributed by atoms with van der Waals surface area (Å²) in [7, 11) is 0.